The minimum atomic E-state index is -3.48. The van der Waals surface area contributed by atoms with Crippen LogP contribution in [0.4, 0.5) is 0 Å². The summed E-state index contributed by atoms with van der Waals surface area (Å²) in [7, 11) is -3.48. The Labute approximate surface area is 141 Å². The van der Waals surface area contributed by atoms with Crippen molar-refractivity contribution in [2.45, 2.75) is 18.7 Å². The van der Waals surface area contributed by atoms with Gasteiger partial charge in [0.2, 0.25) is 10.0 Å². The van der Waals surface area contributed by atoms with E-state index < -0.39 is 15.3 Å². The van der Waals surface area contributed by atoms with Crippen molar-refractivity contribution in [3.05, 3.63) is 54.1 Å². The Morgan fingerprint density at radius 1 is 1.00 bits per heavy atom. The predicted octanol–water partition coefficient (Wildman–Crippen LogP) is 3.67. The minimum Gasteiger partial charge on any atom is -0.276 e. The van der Waals surface area contributed by atoms with Gasteiger partial charge in [-0.05, 0) is 52.9 Å². The highest BCUT2D eigenvalue weighted by molar-refractivity contribution is 7.89. The van der Waals surface area contributed by atoms with Crippen molar-refractivity contribution < 1.29 is 13.2 Å². The van der Waals surface area contributed by atoms with E-state index in [2.05, 4.69) is 4.72 Å². The van der Waals surface area contributed by atoms with Crippen LogP contribution in [-0.4, -0.2) is 20.2 Å². The van der Waals surface area contributed by atoms with Gasteiger partial charge in [-0.1, -0.05) is 38.1 Å². The van der Waals surface area contributed by atoms with Gasteiger partial charge in [0.05, 0.1) is 4.90 Å². The number of nitrogens with one attached hydrogen (secondary N) is 1. The highest BCUT2D eigenvalue weighted by atomic mass is 35.5. The maximum atomic E-state index is 12.1. The van der Waals surface area contributed by atoms with Crippen LogP contribution < -0.4 is 4.72 Å². The van der Waals surface area contributed by atoms with Crippen molar-refractivity contribution in [1.82, 2.24) is 4.72 Å². The molecule has 2 aromatic rings. The van der Waals surface area contributed by atoms with Crippen LogP contribution in [0.15, 0.2) is 53.4 Å². The molecule has 0 heterocycles. The van der Waals surface area contributed by atoms with Gasteiger partial charge < -0.3 is 0 Å². The number of rotatable bonds is 6. The van der Waals surface area contributed by atoms with Crippen LogP contribution in [0.2, 0.25) is 0 Å². The second-order valence-electron chi connectivity index (χ2n) is 5.62. The van der Waals surface area contributed by atoms with E-state index in [1.807, 2.05) is 13.8 Å². The van der Waals surface area contributed by atoms with Crippen LogP contribution >= 0.6 is 11.6 Å². The van der Waals surface area contributed by atoms with E-state index in [-0.39, 0.29) is 10.8 Å². The van der Waals surface area contributed by atoms with Crippen LogP contribution in [0.5, 0.6) is 0 Å². The van der Waals surface area contributed by atoms with Crippen molar-refractivity contribution in [1.29, 1.82) is 0 Å². The molecule has 0 bridgehead atoms. The highest BCUT2D eigenvalue weighted by Crippen LogP contribution is 2.22. The lowest BCUT2D eigenvalue weighted by Gasteiger charge is -2.09. The molecule has 1 N–H and O–H groups in total. The molecule has 0 spiro atoms. The van der Waals surface area contributed by atoms with Gasteiger partial charge in [0.15, 0.2) is 0 Å². The molecule has 6 heteroatoms. The van der Waals surface area contributed by atoms with Gasteiger partial charge in [-0.15, -0.1) is 0 Å². The Kier molecular flexibility index (Phi) is 5.57. The molecule has 0 aliphatic heterocycles. The van der Waals surface area contributed by atoms with Crippen molar-refractivity contribution in [3.63, 3.8) is 0 Å². The quantitative estimate of drug-likeness (QED) is 0.808. The molecule has 23 heavy (non-hydrogen) atoms. The number of halogens is 1. The molecule has 4 nitrogen and oxygen atoms in total. The zero-order chi connectivity index (χ0) is 17.0. The average Bonchev–Trinajstić information content (AvgIpc) is 2.53. The van der Waals surface area contributed by atoms with Crippen molar-refractivity contribution in [2.24, 2.45) is 5.92 Å². The second kappa shape index (κ2) is 7.25. The Morgan fingerprint density at radius 2 is 1.48 bits per heavy atom. The SMILES string of the molecule is CC(C)CNS(=O)(=O)c1ccc(-c2ccc(C(=O)Cl)cc2)cc1. The first-order valence-corrected chi connectivity index (χ1v) is 9.06. The van der Waals surface area contributed by atoms with Gasteiger partial charge in [0.25, 0.3) is 5.24 Å². The third-order valence-electron chi connectivity index (χ3n) is 3.29. The first-order valence-electron chi connectivity index (χ1n) is 7.19. The van der Waals surface area contributed by atoms with Crippen LogP contribution in [-0.2, 0) is 10.0 Å². The Hall–Kier alpha value is -1.69. The zero-order valence-corrected chi connectivity index (χ0v) is 14.5. The molecular weight excluding hydrogens is 334 g/mol. The normalized spacial score (nSPS) is 11.7. The lowest BCUT2D eigenvalue weighted by atomic mass is 10.0. The van der Waals surface area contributed by atoms with Crippen LogP contribution in [0.25, 0.3) is 11.1 Å². The van der Waals surface area contributed by atoms with Crippen LogP contribution in [0.1, 0.15) is 24.2 Å². The second-order valence-corrected chi connectivity index (χ2v) is 7.73. The first-order chi connectivity index (χ1) is 10.8. The minimum absolute atomic E-state index is 0.231. The van der Waals surface area contributed by atoms with Gasteiger partial charge in [-0.3, -0.25) is 4.79 Å². The average molecular weight is 352 g/mol. The number of carbonyl (C=O) groups excluding carboxylic acids is 1. The Bertz CT molecular complexity index is 782. The lowest BCUT2D eigenvalue weighted by Crippen LogP contribution is -2.27. The van der Waals surface area contributed by atoms with E-state index in [1.54, 1.807) is 48.5 Å². The summed E-state index contributed by atoms with van der Waals surface area (Å²) < 4.78 is 26.9. The van der Waals surface area contributed by atoms with Crippen LogP contribution in [0.3, 0.4) is 0 Å². The summed E-state index contributed by atoms with van der Waals surface area (Å²) in [4.78, 5) is 11.3. The fourth-order valence-electron chi connectivity index (χ4n) is 1.98. The molecule has 0 aliphatic carbocycles. The van der Waals surface area contributed by atoms with Gasteiger partial charge in [-0.25, -0.2) is 13.1 Å². The van der Waals surface area contributed by atoms with Gasteiger partial charge in [0, 0.05) is 12.1 Å². The van der Waals surface area contributed by atoms with E-state index in [0.717, 1.165) is 11.1 Å². The molecule has 0 unspecified atom stereocenters. The number of carbonyl (C=O) groups is 1. The number of benzene rings is 2. The molecular formula is C17H18ClNO3S. The van der Waals surface area contributed by atoms with Gasteiger partial charge >= 0.3 is 0 Å². The number of sulfonamides is 1. The summed E-state index contributed by atoms with van der Waals surface area (Å²) in [6.45, 7) is 4.29. The summed E-state index contributed by atoms with van der Waals surface area (Å²) in [6, 6.07) is 13.4. The lowest BCUT2D eigenvalue weighted by molar-refractivity contribution is 0.108. The first kappa shape index (κ1) is 17.7. The van der Waals surface area contributed by atoms with E-state index >= 15 is 0 Å². The number of hydrogen-bond donors (Lipinski definition) is 1. The maximum absolute atomic E-state index is 12.1. The molecule has 0 atom stereocenters. The molecule has 0 saturated carbocycles. The molecule has 2 rings (SSSR count). The third kappa shape index (κ3) is 4.64. The van der Waals surface area contributed by atoms with E-state index in [0.29, 0.717) is 12.1 Å². The summed E-state index contributed by atoms with van der Waals surface area (Å²) >= 11 is 5.41. The van der Waals surface area contributed by atoms with Crippen molar-refractivity contribution >= 4 is 26.9 Å². The Morgan fingerprint density at radius 3 is 1.91 bits per heavy atom. The molecule has 0 radical (unpaired) electrons. The molecule has 0 aliphatic rings. The maximum Gasteiger partial charge on any atom is 0.252 e. The zero-order valence-electron chi connectivity index (χ0n) is 12.9. The summed E-state index contributed by atoms with van der Waals surface area (Å²) in [6.07, 6.45) is 0. The smallest absolute Gasteiger partial charge is 0.252 e. The van der Waals surface area contributed by atoms with Crippen molar-refractivity contribution in [3.8, 4) is 11.1 Å². The molecule has 2 aromatic carbocycles. The predicted molar refractivity (Wildman–Crippen MR) is 92.1 cm³/mol. The van der Waals surface area contributed by atoms with E-state index in [4.69, 9.17) is 11.6 Å². The molecule has 0 aromatic heterocycles. The Balaban J connectivity index is 2.20. The largest absolute Gasteiger partial charge is 0.276 e. The highest BCUT2D eigenvalue weighted by Gasteiger charge is 2.14. The standard InChI is InChI=1S/C17H18ClNO3S/c1-12(2)11-19-23(21,22)16-9-7-14(8-10-16)13-3-5-15(6-4-13)17(18)20/h3-10,12,19H,11H2,1-2H3. The number of hydrogen-bond acceptors (Lipinski definition) is 3. The fraction of sp³-hybridized carbons (Fsp3) is 0.235. The molecule has 0 saturated heterocycles. The van der Waals surface area contributed by atoms with E-state index in [9.17, 15) is 13.2 Å². The molecule has 0 fully saturated rings. The molecule has 122 valence electrons. The van der Waals surface area contributed by atoms with Gasteiger partial charge in [0.1, 0.15) is 0 Å². The fourth-order valence-corrected chi connectivity index (χ4v) is 3.32. The van der Waals surface area contributed by atoms with Crippen molar-refractivity contribution in [2.75, 3.05) is 6.54 Å². The topological polar surface area (TPSA) is 63.2 Å². The van der Waals surface area contributed by atoms with Crippen LogP contribution in [0, 0.1) is 5.92 Å². The van der Waals surface area contributed by atoms with Gasteiger partial charge in [-0.2, -0.15) is 0 Å². The summed E-state index contributed by atoms with van der Waals surface area (Å²) in [5, 5.41) is -0.505. The van der Waals surface area contributed by atoms with E-state index in [1.165, 1.54) is 0 Å². The monoisotopic (exact) mass is 351 g/mol. The summed E-state index contributed by atoms with van der Waals surface area (Å²) in [5.41, 5.74) is 2.17. The third-order valence-corrected chi connectivity index (χ3v) is 4.95. The molecule has 0 amide bonds. The summed E-state index contributed by atoms with van der Waals surface area (Å²) in [5.74, 6) is 0.243.